The second-order valence-corrected chi connectivity index (χ2v) is 5.42. The summed E-state index contributed by atoms with van der Waals surface area (Å²) in [6.07, 6.45) is 5.12. The smallest absolute Gasteiger partial charge is 0.244 e. The summed E-state index contributed by atoms with van der Waals surface area (Å²) in [6, 6.07) is -0.208. The normalized spacial score (nSPS) is 19.3. The number of rotatable bonds is 5. The fraction of sp³-hybridized carbons (Fsp3) is 0.857. The van der Waals surface area contributed by atoms with Gasteiger partial charge >= 0.3 is 0 Å². The monoisotopic (exact) mass is 254 g/mol. The molecule has 0 aliphatic heterocycles. The maximum Gasteiger partial charge on any atom is 0.244 e. The number of amides is 2. The van der Waals surface area contributed by atoms with Crippen LogP contribution in [0.5, 0.6) is 0 Å². The summed E-state index contributed by atoms with van der Waals surface area (Å²) in [4.78, 5) is 25.8. The molecule has 104 valence electrons. The molecule has 0 aromatic heterocycles. The highest BCUT2D eigenvalue weighted by atomic mass is 16.2. The number of nitrogens with one attached hydrogen (secondary N) is 1. The largest absolute Gasteiger partial charge is 0.344 e. The van der Waals surface area contributed by atoms with Crippen LogP contribution in [-0.2, 0) is 9.59 Å². The number of hydrogen-bond donors (Lipinski definition) is 1. The van der Waals surface area contributed by atoms with E-state index in [1.54, 1.807) is 18.9 Å². The first kappa shape index (κ1) is 15.0. The lowest BCUT2D eigenvalue weighted by Crippen LogP contribution is -2.49. The van der Waals surface area contributed by atoms with Gasteiger partial charge in [-0.1, -0.05) is 19.8 Å². The molecule has 0 heterocycles. The van der Waals surface area contributed by atoms with Gasteiger partial charge in [-0.15, -0.1) is 0 Å². The number of hydrogen-bond acceptors (Lipinski definition) is 2. The van der Waals surface area contributed by atoms with Gasteiger partial charge in [0.25, 0.3) is 0 Å². The van der Waals surface area contributed by atoms with Gasteiger partial charge in [-0.2, -0.15) is 0 Å². The molecule has 4 nitrogen and oxygen atoms in total. The Balaban J connectivity index is 2.46. The molecule has 2 amide bonds. The van der Waals surface area contributed by atoms with Crippen molar-refractivity contribution in [3.8, 4) is 0 Å². The maximum atomic E-state index is 12.1. The number of nitrogens with zero attached hydrogens (tertiary/aromatic N) is 1. The zero-order valence-corrected chi connectivity index (χ0v) is 12.0. The van der Waals surface area contributed by atoms with Gasteiger partial charge in [0, 0.05) is 19.0 Å². The first-order valence-corrected chi connectivity index (χ1v) is 7.04. The average molecular weight is 254 g/mol. The van der Waals surface area contributed by atoms with Gasteiger partial charge in [0.15, 0.2) is 0 Å². The fourth-order valence-electron chi connectivity index (χ4n) is 2.38. The van der Waals surface area contributed by atoms with Gasteiger partial charge in [0.05, 0.1) is 0 Å². The van der Waals surface area contributed by atoms with Crippen LogP contribution in [0.4, 0.5) is 0 Å². The van der Waals surface area contributed by atoms with E-state index in [4.69, 9.17) is 0 Å². The second-order valence-electron chi connectivity index (χ2n) is 5.42. The molecule has 1 N–H and O–H groups in total. The summed E-state index contributed by atoms with van der Waals surface area (Å²) in [5, 5.41) is 2.85. The predicted octanol–water partition coefficient (Wildman–Crippen LogP) is 1.94. The Morgan fingerprint density at radius 1 is 1.28 bits per heavy atom. The zero-order valence-electron chi connectivity index (χ0n) is 12.0. The van der Waals surface area contributed by atoms with Crippen molar-refractivity contribution in [2.75, 3.05) is 7.05 Å². The molecule has 0 saturated heterocycles. The third-order valence-corrected chi connectivity index (χ3v) is 4.05. The van der Waals surface area contributed by atoms with Crippen LogP contribution in [0.3, 0.4) is 0 Å². The minimum Gasteiger partial charge on any atom is -0.344 e. The lowest BCUT2D eigenvalue weighted by Gasteiger charge is -2.27. The van der Waals surface area contributed by atoms with E-state index < -0.39 is 6.04 Å². The van der Waals surface area contributed by atoms with E-state index in [0.29, 0.717) is 0 Å². The third kappa shape index (κ3) is 3.72. The van der Waals surface area contributed by atoms with E-state index in [1.165, 1.54) is 0 Å². The van der Waals surface area contributed by atoms with Gasteiger partial charge in [-0.05, 0) is 33.1 Å². The summed E-state index contributed by atoms with van der Waals surface area (Å²) in [7, 11) is 1.80. The summed E-state index contributed by atoms with van der Waals surface area (Å²) in [5.41, 5.74) is 0. The van der Waals surface area contributed by atoms with Crippen molar-refractivity contribution >= 4 is 11.8 Å². The zero-order chi connectivity index (χ0) is 13.7. The minimum absolute atomic E-state index is 0.00398. The molecule has 0 radical (unpaired) electrons. The second kappa shape index (κ2) is 6.76. The highest BCUT2D eigenvalue weighted by Gasteiger charge is 2.27. The van der Waals surface area contributed by atoms with Gasteiger partial charge in [0.2, 0.25) is 11.8 Å². The van der Waals surface area contributed by atoms with E-state index >= 15 is 0 Å². The molecule has 1 rings (SSSR count). The van der Waals surface area contributed by atoms with Crippen LogP contribution in [-0.4, -0.2) is 35.8 Å². The lowest BCUT2D eigenvalue weighted by molar-refractivity contribution is -0.137. The Labute approximate surface area is 110 Å². The van der Waals surface area contributed by atoms with E-state index in [0.717, 1.165) is 32.1 Å². The topological polar surface area (TPSA) is 49.4 Å². The summed E-state index contributed by atoms with van der Waals surface area (Å²) in [6.45, 7) is 5.84. The Morgan fingerprint density at radius 2 is 1.83 bits per heavy atom. The number of likely N-dealkylation sites (N-methyl/N-ethyl adjacent to an activating group) is 1. The average Bonchev–Trinajstić information content (AvgIpc) is 2.89. The highest BCUT2D eigenvalue weighted by molar-refractivity contribution is 5.88. The molecule has 0 spiro atoms. The number of carbonyl (C=O) groups is 2. The van der Waals surface area contributed by atoms with Crippen LogP contribution in [0.25, 0.3) is 0 Å². The van der Waals surface area contributed by atoms with Crippen molar-refractivity contribution in [2.24, 2.45) is 5.92 Å². The Kier molecular flexibility index (Phi) is 5.63. The van der Waals surface area contributed by atoms with Crippen LogP contribution >= 0.6 is 0 Å². The van der Waals surface area contributed by atoms with Gasteiger partial charge in [0.1, 0.15) is 6.04 Å². The fourth-order valence-corrected chi connectivity index (χ4v) is 2.38. The Hall–Kier alpha value is -1.06. The quantitative estimate of drug-likeness (QED) is 0.815. The van der Waals surface area contributed by atoms with E-state index in [-0.39, 0.29) is 23.8 Å². The Morgan fingerprint density at radius 3 is 2.33 bits per heavy atom. The van der Waals surface area contributed by atoms with Crippen molar-refractivity contribution in [1.29, 1.82) is 0 Å². The number of carbonyl (C=O) groups excluding carboxylic acids is 2. The molecule has 2 atom stereocenters. The molecule has 1 aliphatic rings. The van der Waals surface area contributed by atoms with Crippen molar-refractivity contribution < 1.29 is 9.59 Å². The van der Waals surface area contributed by atoms with E-state index in [1.807, 2.05) is 6.92 Å². The lowest BCUT2D eigenvalue weighted by atomic mass is 10.1. The summed E-state index contributed by atoms with van der Waals surface area (Å²) < 4.78 is 0. The Bertz CT molecular complexity index is 298. The first-order valence-electron chi connectivity index (χ1n) is 7.04. The van der Waals surface area contributed by atoms with Crippen molar-refractivity contribution in [2.45, 2.75) is 65.0 Å². The van der Waals surface area contributed by atoms with Crippen LogP contribution in [0.1, 0.15) is 52.9 Å². The third-order valence-electron chi connectivity index (χ3n) is 4.05. The van der Waals surface area contributed by atoms with Crippen LogP contribution in [0.15, 0.2) is 0 Å². The molecular weight excluding hydrogens is 228 g/mol. The van der Waals surface area contributed by atoms with Crippen LogP contribution < -0.4 is 5.32 Å². The predicted molar refractivity (Wildman–Crippen MR) is 72.1 cm³/mol. The molecule has 1 aliphatic carbocycles. The maximum absolute atomic E-state index is 12.1. The highest BCUT2D eigenvalue weighted by Crippen LogP contribution is 2.24. The van der Waals surface area contributed by atoms with Gasteiger partial charge in [-0.25, -0.2) is 0 Å². The van der Waals surface area contributed by atoms with Crippen molar-refractivity contribution in [1.82, 2.24) is 10.2 Å². The molecule has 1 fully saturated rings. The SMILES string of the molecule is CC[C@H](C)N(C)C(=O)[C@H](C)NC(=O)C1CCCC1. The molecule has 18 heavy (non-hydrogen) atoms. The van der Waals surface area contributed by atoms with Crippen molar-refractivity contribution in [3.05, 3.63) is 0 Å². The standard InChI is InChI=1S/C14H26N2O2/c1-5-10(2)16(4)14(18)11(3)15-13(17)12-8-6-7-9-12/h10-12H,5-9H2,1-4H3,(H,15,17)/t10-,11-/m0/s1. The molecule has 0 aromatic carbocycles. The van der Waals surface area contributed by atoms with E-state index in [2.05, 4.69) is 12.2 Å². The molecule has 0 bridgehead atoms. The summed E-state index contributed by atoms with van der Waals surface area (Å²) >= 11 is 0. The molecular formula is C14H26N2O2. The van der Waals surface area contributed by atoms with Crippen LogP contribution in [0, 0.1) is 5.92 Å². The van der Waals surface area contributed by atoms with Gasteiger partial charge < -0.3 is 10.2 Å². The van der Waals surface area contributed by atoms with Gasteiger partial charge in [-0.3, -0.25) is 9.59 Å². The first-order chi connectivity index (χ1) is 8.47. The minimum atomic E-state index is -0.419. The summed E-state index contributed by atoms with van der Waals surface area (Å²) in [5.74, 6) is 0.163. The molecule has 0 aromatic rings. The molecule has 1 saturated carbocycles. The van der Waals surface area contributed by atoms with Crippen molar-refractivity contribution in [3.63, 3.8) is 0 Å². The molecule has 0 unspecified atom stereocenters. The van der Waals surface area contributed by atoms with Crippen LogP contribution in [0.2, 0.25) is 0 Å². The van der Waals surface area contributed by atoms with E-state index in [9.17, 15) is 9.59 Å². The molecule has 4 heteroatoms.